The summed E-state index contributed by atoms with van der Waals surface area (Å²) in [6, 6.07) is 13.7. The summed E-state index contributed by atoms with van der Waals surface area (Å²) in [5, 5.41) is 7.73. The number of pyridine rings is 1. The molecule has 2 aromatic heterocycles. The molecule has 0 bridgehead atoms. The van der Waals surface area contributed by atoms with Crippen molar-refractivity contribution in [1.82, 2.24) is 20.1 Å². The average Bonchev–Trinajstić information content (AvgIpc) is 3.41. The van der Waals surface area contributed by atoms with Gasteiger partial charge in [-0.15, -0.1) is 24.8 Å². The van der Waals surface area contributed by atoms with Gasteiger partial charge in [0.2, 0.25) is 5.91 Å². The van der Waals surface area contributed by atoms with Crippen molar-refractivity contribution in [1.29, 1.82) is 0 Å². The Bertz CT molecular complexity index is 937. The molecule has 7 nitrogen and oxygen atoms in total. The van der Waals surface area contributed by atoms with Crippen LogP contribution in [0.3, 0.4) is 0 Å². The Labute approximate surface area is 187 Å². The molecule has 0 radical (unpaired) electrons. The lowest BCUT2D eigenvalue weighted by Crippen LogP contribution is -2.35. The fraction of sp³-hybridized carbons (Fsp3) is 0.286. The van der Waals surface area contributed by atoms with Crippen molar-refractivity contribution in [3.63, 3.8) is 0 Å². The van der Waals surface area contributed by atoms with E-state index in [2.05, 4.69) is 10.3 Å². The third-order valence-corrected chi connectivity index (χ3v) is 4.88. The van der Waals surface area contributed by atoms with Gasteiger partial charge in [-0.3, -0.25) is 9.78 Å². The number of hydrogen-bond donors (Lipinski definition) is 2. The largest absolute Gasteiger partial charge is 0.364 e. The van der Waals surface area contributed by atoms with E-state index in [9.17, 15) is 4.79 Å². The Balaban J connectivity index is 0.00000160. The van der Waals surface area contributed by atoms with Gasteiger partial charge < -0.3 is 15.8 Å². The smallest absolute Gasteiger partial charge is 0.249 e. The molecule has 3 heterocycles. The monoisotopic (exact) mass is 449 g/mol. The first-order chi connectivity index (χ1) is 13.7. The summed E-state index contributed by atoms with van der Waals surface area (Å²) in [5.41, 5.74) is 9.29. The molecule has 2 atom stereocenters. The van der Waals surface area contributed by atoms with Gasteiger partial charge in [-0.1, -0.05) is 18.2 Å². The maximum Gasteiger partial charge on any atom is 0.249 e. The van der Waals surface area contributed by atoms with Gasteiger partial charge in [-0.05, 0) is 37.1 Å². The Kier molecular flexibility index (Phi) is 8.80. The predicted octanol–water partition coefficient (Wildman–Crippen LogP) is 2.90. The Morgan fingerprint density at radius 3 is 2.53 bits per heavy atom. The second-order valence-electron chi connectivity index (χ2n) is 6.80. The van der Waals surface area contributed by atoms with Gasteiger partial charge in [0.25, 0.3) is 0 Å². The molecule has 1 fully saturated rings. The molecular weight excluding hydrogens is 425 g/mol. The maximum atomic E-state index is 12.5. The zero-order chi connectivity index (χ0) is 19.3. The number of nitrogens with two attached hydrogens (primary N) is 1. The molecule has 3 N–H and O–H groups in total. The van der Waals surface area contributed by atoms with Crippen LogP contribution in [0.2, 0.25) is 0 Å². The van der Waals surface area contributed by atoms with Crippen LogP contribution >= 0.6 is 24.8 Å². The number of aromatic nitrogens is 3. The quantitative estimate of drug-likeness (QED) is 0.602. The van der Waals surface area contributed by atoms with Crippen LogP contribution in [0.4, 0.5) is 0 Å². The lowest BCUT2D eigenvalue weighted by atomic mass is 10.1. The SMILES string of the molecule is Cl.Cl.NC[C@H]1CC[C@@H](C(=O)NCc2cn(-c3ccccc3)nc2-c2ccncc2)O1. The normalized spacial score (nSPS) is 17.6. The van der Waals surface area contributed by atoms with Crippen molar-refractivity contribution in [3.05, 3.63) is 66.6 Å². The van der Waals surface area contributed by atoms with Gasteiger partial charge in [0.15, 0.2) is 0 Å². The van der Waals surface area contributed by atoms with Crippen molar-refractivity contribution in [2.45, 2.75) is 31.6 Å². The second kappa shape index (κ2) is 11.1. The number of nitrogens with one attached hydrogen (secondary N) is 1. The summed E-state index contributed by atoms with van der Waals surface area (Å²) in [6.07, 6.45) is 6.49. The van der Waals surface area contributed by atoms with Gasteiger partial charge in [0.1, 0.15) is 6.10 Å². The van der Waals surface area contributed by atoms with Crippen LogP contribution in [0.25, 0.3) is 16.9 Å². The van der Waals surface area contributed by atoms with Crippen LogP contribution in [0.15, 0.2) is 61.1 Å². The number of ether oxygens (including phenoxy) is 1. The van der Waals surface area contributed by atoms with Crippen LogP contribution in [0.5, 0.6) is 0 Å². The van der Waals surface area contributed by atoms with Gasteiger partial charge >= 0.3 is 0 Å². The van der Waals surface area contributed by atoms with Gasteiger partial charge in [-0.25, -0.2) is 4.68 Å². The number of amides is 1. The molecule has 9 heteroatoms. The molecule has 3 aromatic rings. The minimum absolute atomic E-state index is 0. The van der Waals surface area contributed by atoms with E-state index in [4.69, 9.17) is 15.6 Å². The van der Waals surface area contributed by atoms with E-state index >= 15 is 0 Å². The molecule has 1 amide bonds. The van der Waals surface area contributed by atoms with Crippen LogP contribution in [0, 0.1) is 0 Å². The molecule has 4 rings (SSSR count). The molecule has 0 unspecified atom stereocenters. The third kappa shape index (κ3) is 5.37. The zero-order valence-corrected chi connectivity index (χ0v) is 17.9. The number of carbonyl (C=O) groups excluding carboxylic acids is 1. The van der Waals surface area contributed by atoms with Gasteiger partial charge in [0, 0.05) is 42.8 Å². The molecule has 1 saturated heterocycles. The van der Waals surface area contributed by atoms with E-state index in [-0.39, 0.29) is 36.8 Å². The maximum absolute atomic E-state index is 12.5. The summed E-state index contributed by atoms with van der Waals surface area (Å²) in [4.78, 5) is 16.6. The van der Waals surface area contributed by atoms with E-state index < -0.39 is 6.10 Å². The number of para-hydroxylation sites is 1. The first-order valence-electron chi connectivity index (χ1n) is 9.42. The fourth-order valence-electron chi connectivity index (χ4n) is 3.37. The number of hydrogen-bond acceptors (Lipinski definition) is 5. The van der Waals surface area contributed by atoms with Crippen molar-refractivity contribution in [2.75, 3.05) is 6.54 Å². The predicted molar refractivity (Wildman–Crippen MR) is 120 cm³/mol. The molecule has 1 aliphatic heterocycles. The molecule has 1 aliphatic rings. The average molecular weight is 450 g/mol. The Morgan fingerprint density at radius 1 is 1.13 bits per heavy atom. The Morgan fingerprint density at radius 2 is 1.87 bits per heavy atom. The standard InChI is InChI=1S/C21H23N5O2.2ClH/c22-12-18-6-7-19(28-18)21(27)24-13-16-14-26(17-4-2-1-3-5-17)25-20(16)15-8-10-23-11-9-15;;/h1-5,8-11,14,18-19H,6-7,12-13,22H2,(H,24,27);2*1H/t18-,19+;;/m1../s1. The highest BCUT2D eigenvalue weighted by Gasteiger charge is 2.29. The Hall–Kier alpha value is -2.45. The molecule has 0 aliphatic carbocycles. The van der Waals surface area contributed by atoms with E-state index in [0.29, 0.717) is 19.5 Å². The number of rotatable bonds is 6. The molecule has 1 aromatic carbocycles. The van der Waals surface area contributed by atoms with Crippen LogP contribution in [-0.4, -0.2) is 39.4 Å². The van der Waals surface area contributed by atoms with Crippen molar-refractivity contribution < 1.29 is 9.53 Å². The summed E-state index contributed by atoms with van der Waals surface area (Å²) >= 11 is 0. The van der Waals surface area contributed by atoms with E-state index in [0.717, 1.165) is 28.9 Å². The van der Waals surface area contributed by atoms with Crippen LogP contribution in [-0.2, 0) is 16.1 Å². The molecule has 30 heavy (non-hydrogen) atoms. The van der Waals surface area contributed by atoms with Gasteiger partial charge in [-0.2, -0.15) is 5.10 Å². The van der Waals surface area contributed by atoms with E-state index in [1.165, 1.54) is 0 Å². The number of halogens is 2. The third-order valence-electron chi connectivity index (χ3n) is 4.88. The highest BCUT2D eigenvalue weighted by molar-refractivity contribution is 5.85. The first kappa shape index (κ1) is 23.8. The molecule has 0 saturated carbocycles. The lowest BCUT2D eigenvalue weighted by Gasteiger charge is -2.12. The van der Waals surface area contributed by atoms with E-state index in [1.54, 1.807) is 12.4 Å². The summed E-state index contributed by atoms with van der Waals surface area (Å²) in [6.45, 7) is 0.816. The van der Waals surface area contributed by atoms with Crippen LogP contribution < -0.4 is 11.1 Å². The topological polar surface area (TPSA) is 95.1 Å². The fourth-order valence-corrected chi connectivity index (χ4v) is 3.37. The number of nitrogens with zero attached hydrogens (tertiary/aromatic N) is 3. The molecular formula is C21H25Cl2N5O2. The number of benzene rings is 1. The first-order valence-corrected chi connectivity index (χ1v) is 9.42. The van der Waals surface area contributed by atoms with E-state index in [1.807, 2.05) is 53.3 Å². The minimum atomic E-state index is -0.429. The lowest BCUT2D eigenvalue weighted by molar-refractivity contribution is -0.132. The second-order valence-corrected chi connectivity index (χ2v) is 6.80. The molecule has 0 spiro atoms. The van der Waals surface area contributed by atoms with Crippen LogP contribution in [0.1, 0.15) is 18.4 Å². The molecule has 160 valence electrons. The highest BCUT2D eigenvalue weighted by Crippen LogP contribution is 2.24. The van der Waals surface area contributed by atoms with Crippen molar-refractivity contribution >= 4 is 30.7 Å². The summed E-state index contributed by atoms with van der Waals surface area (Å²) < 4.78 is 7.51. The van der Waals surface area contributed by atoms with Gasteiger partial charge in [0.05, 0.1) is 17.5 Å². The summed E-state index contributed by atoms with van der Waals surface area (Å²) in [7, 11) is 0. The number of carbonyl (C=O) groups is 1. The van der Waals surface area contributed by atoms with Crippen molar-refractivity contribution in [2.24, 2.45) is 5.73 Å². The highest BCUT2D eigenvalue weighted by atomic mass is 35.5. The van der Waals surface area contributed by atoms with Crippen molar-refractivity contribution in [3.8, 4) is 16.9 Å². The zero-order valence-electron chi connectivity index (χ0n) is 16.3. The minimum Gasteiger partial charge on any atom is -0.364 e. The summed E-state index contributed by atoms with van der Waals surface area (Å²) in [5.74, 6) is -0.107.